The molecule has 1 aromatic heterocycles. The number of halogens is 3. The molecule has 0 radical (unpaired) electrons. The third-order valence-corrected chi connectivity index (χ3v) is 4.54. The number of para-hydroxylation sites is 1. The first-order valence-electron chi connectivity index (χ1n) is 7.96. The van der Waals surface area contributed by atoms with Crippen LogP contribution < -0.4 is 9.47 Å². The van der Waals surface area contributed by atoms with E-state index < -0.39 is 17.4 Å². The van der Waals surface area contributed by atoms with Gasteiger partial charge in [0.05, 0.1) is 5.02 Å². The maximum absolute atomic E-state index is 14.5. The molecule has 1 aliphatic rings. The van der Waals surface area contributed by atoms with Gasteiger partial charge in [0.15, 0.2) is 11.5 Å². The molecule has 1 atom stereocenters. The fourth-order valence-corrected chi connectivity index (χ4v) is 3.05. The van der Waals surface area contributed by atoms with Crippen LogP contribution in [0.4, 0.5) is 8.78 Å². The Morgan fingerprint density at radius 1 is 1.00 bits per heavy atom. The molecule has 3 aromatic rings. The van der Waals surface area contributed by atoms with Crippen LogP contribution in [-0.2, 0) is 5.79 Å². The van der Waals surface area contributed by atoms with Gasteiger partial charge in [-0.2, -0.15) is 0 Å². The van der Waals surface area contributed by atoms with E-state index in [1.807, 2.05) is 0 Å². The van der Waals surface area contributed by atoms with Crippen molar-refractivity contribution in [1.82, 2.24) is 4.98 Å². The van der Waals surface area contributed by atoms with E-state index in [1.165, 1.54) is 25.3 Å². The number of benzene rings is 2. The van der Waals surface area contributed by atoms with Crippen LogP contribution >= 0.6 is 11.6 Å². The van der Waals surface area contributed by atoms with Gasteiger partial charge in [0.25, 0.3) is 5.79 Å². The summed E-state index contributed by atoms with van der Waals surface area (Å²) in [5, 5.41) is 0.491. The van der Waals surface area contributed by atoms with E-state index in [0.29, 0.717) is 27.8 Å². The van der Waals surface area contributed by atoms with Crippen LogP contribution in [0, 0.1) is 18.6 Å². The molecule has 3 nitrogen and oxygen atoms in total. The lowest BCUT2D eigenvalue weighted by Gasteiger charge is -2.22. The Morgan fingerprint density at radius 3 is 2.54 bits per heavy atom. The number of ether oxygens (including phenoxy) is 2. The highest BCUT2D eigenvalue weighted by Crippen LogP contribution is 2.49. The first kappa shape index (κ1) is 16.8. The number of rotatable bonds is 2. The predicted octanol–water partition coefficient (Wildman–Crippen LogP) is 5.63. The molecule has 0 aliphatic carbocycles. The molecular formula is C20H14ClF2NO2. The molecule has 1 aliphatic heterocycles. The Bertz CT molecular complexity index is 1010. The third-order valence-electron chi connectivity index (χ3n) is 4.31. The second-order valence-corrected chi connectivity index (χ2v) is 6.66. The fourth-order valence-electron chi connectivity index (χ4n) is 2.94. The minimum Gasteiger partial charge on any atom is -0.443 e. The molecule has 0 bridgehead atoms. The summed E-state index contributed by atoms with van der Waals surface area (Å²) in [6, 6.07) is 10.8. The number of hydrogen-bond donors (Lipinski definition) is 0. The van der Waals surface area contributed by atoms with E-state index in [2.05, 4.69) is 4.98 Å². The minimum atomic E-state index is -1.19. The van der Waals surface area contributed by atoms with E-state index in [0.717, 1.165) is 0 Å². The Morgan fingerprint density at radius 2 is 1.81 bits per heavy atom. The van der Waals surface area contributed by atoms with Crippen molar-refractivity contribution in [3.05, 3.63) is 76.6 Å². The highest BCUT2D eigenvalue weighted by atomic mass is 35.5. The normalized spacial score (nSPS) is 18.2. The smallest absolute Gasteiger partial charge is 0.292 e. The zero-order valence-corrected chi connectivity index (χ0v) is 14.8. The maximum Gasteiger partial charge on any atom is 0.292 e. The minimum absolute atomic E-state index is 0.113. The second-order valence-electron chi connectivity index (χ2n) is 6.23. The topological polar surface area (TPSA) is 31.4 Å². The molecule has 0 saturated carbocycles. The zero-order valence-electron chi connectivity index (χ0n) is 14.0. The summed E-state index contributed by atoms with van der Waals surface area (Å²) < 4.78 is 40.4. The molecule has 0 fully saturated rings. The molecule has 2 aromatic carbocycles. The lowest BCUT2D eigenvalue weighted by molar-refractivity contribution is -0.0715. The second kappa shape index (κ2) is 5.95. The number of nitrogens with zero attached hydrogens (tertiary/aromatic N) is 1. The number of aryl methyl sites for hydroxylation is 1. The van der Waals surface area contributed by atoms with Crippen LogP contribution in [0.15, 0.2) is 48.7 Å². The van der Waals surface area contributed by atoms with Crippen LogP contribution in [-0.4, -0.2) is 4.98 Å². The van der Waals surface area contributed by atoms with Crippen LogP contribution in [0.3, 0.4) is 0 Å². The highest BCUT2D eigenvalue weighted by Gasteiger charge is 2.41. The zero-order chi connectivity index (χ0) is 18.5. The number of fused-ring (bicyclic) bond motifs is 1. The van der Waals surface area contributed by atoms with Crippen molar-refractivity contribution in [2.45, 2.75) is 19.6 Å². The van der Waals surface area contributed by atoms with Gasteiger partial charge in [0, 0.05) is 24.2 Å². The van der Waals surface area contributed by atoms with Gasteiger partial charge in [-0.05, 0) is 42.8 Å². The van der Waals surface area contributed by atoms with Crippen molar-refractivity contribution >= 4 is 11.6 Å². The Labute approximate surface area is 154 Å². The largest absolute Gasteiger partial charge is 0.443 e. The van der Waals surface area contributed by atoms with E-state index >= 15 is 0 Å². The summed E-state index contributed by atoms with van der Waals surface area (Å²) in [4.78, 5) is 4.24. The Kier molecular flexibility index (Phi) is 3.84. The molecular weight excluding hydrogens is 360 g/mol. The molecule has 1 unspecified atom stereocenters. The van der Waals surface area contributed by atoms with E-state index in [-0.39, 0.29) is 11.1 Å². The lowest BCUT2D eigenvalue weighted by atomic mass is 10.0. The van der Waals surface area contributed by atoms with Gasteiger partial charge in [-0.25, -0.2) is 8.78 Å². The molecule has 0 spiro atoms. The van der Waals surface area contributed by atoms with Gasteiger partial charge in [-0.15, -0.1) is 0 Å². The van der Waals surface area contributed by atoms with E-state index in [9.17, 15) is 8.78 Å². The Balaban J connectivity index is 1.80. The van der Waals surface area contributed by atoms with Gasteiger partial charge < -0.3 is 9.47 Å². The molecule has 26 heavy (non-hydrogen) atoms. The van der Waals surface area contributed by atoms with Crippen molar-refractivity contribution in [1.29, 1.82) is 0 Å². The number of pyridine rings is 1. The molecule has 4 rings (SSSR count). The van der Waals surface area contributed by atoms with Gasteiger partial charge in [0.1, 0.15) is 17.3 Å². The molecule has 2 heterocycles. The quantitative estimate of drug-likeness (QED) is 0.583. The lowest BCUT2D eigenvalue weighted by Crippen LogP contribution is -2.32. The summed E-state index contributed by atoms with van der Waals surface area (Å²) in [7, 11) is 0. The maximum atomic E-state index is 14.5. The molecule has 0 saturated heterocycles. The summed E-state index contributed by atoms with van der Waals surface area (Å²) in [5.74, 6) is -1.43. The summed E-state index contributed by atoms with van der Waals surface area (Å²) in [6.45, 7) is 3.22. The number of hydrogen-bond acceptors (Lipinski definition) is 3. The standard InChI is InChI=1S/C20H14ClF2NO2/c1-11-8-16(23)14(9-15(11)22)13-4-3-5-17-19(13)26-20(2,25-17)18-7-6-12(21)10-24-18/h3-10H,1-2H3. The van der Waals surface area contributed by atoms with Crippen molar-refractivity contribution in [2.24, 2.45) is 0 Å². The predicted molar refractivity (Wildman–Crippen MR) is 94.4 cm³/mol. The van der Waals surface area contributed by atoms with Gasteiger partial charge >= 0.3 is 0 Å². The van der Waals surface area contributed by atoms with E-state index in [4.69, 9.17) is 21.1 Å². The van der Waals surface area contributed by atoms with Crippen molar-refractivity contribution < 1.29 is 18.3 Å². The summed E-state index contributed by atoms with van der Waals surface area (Å²) in [6.07, 6.45) is 1.49. The molecule has 0 amide bonds. The molecule has 6 heteroatoms. The van der Waals surface area contributed by atoms with Gasteiger partial charge in [-0.1, -0.05) is 23.7 Å². The number of aromatic nitrogens is 1. The first-order valence-corrected chi connectivity index (χ1v) is 8.34. The van der Waals surface area contributed by atoms with Crippen LogP contribution in [0.5, 0.6) is 11.5 Å². The van der Waals surface area contributed by atoms with Gasteiger partial charge in [0.2, 0.25) is 0 Å². The third kappa shape index (κ3) is 2.69. The monoisotopic (exact) mass is 373 g/mol. The van der Waals surface area contributed by atoms with Crippen LogP contribution in [0.1, 0.15) is 18.2 Å². The fraction of sp³-hybridized carbons (Fsp3) is 0.150. The van der Waals surface area contributed by atoms with Gasteiger partial charge in [-0.3, -0.25) is 4.98 Å². The summed E-state index contributed by atoms with van der Waals surface area (Å²) in [5.41, 5.74) is 1.28. The first-order chi connectivity index (χ1) is 12.4. The molecule has 0 N–H and O–H groups in total. The summed E-state index contributed by atoms with van der Waals surface area (Å²) >= 11 is 5.88. The van der Waals surface area contributed by atoms with Crippen molar-refractivity contribution in [2.75, 3.05) is 0 Å². The Hall–Kier alpha value is -2.66. The van der Waals surface area contributed by atoms with Crippen molar-refractivity contribution in [3.8, 4) is 22.6 Å². The SMILES string of the molecule is Cc1cc(F)c(-c2cccc3c2OC(C)(c2ccc(Cl)cn2)O3)cc1F. The highest BCUT2D eigenvalue weighted by molar-refractivity contribution is 6.30. The van der Waals surface area contributed by atoms with Crippen LogP contribution in [0.2, 0.25) is 5.02 Å². The van der Waals surface area contributed by atoms with Crippen molar-refractivity contribution in [3.63, 3.8) is 0 Å². The van der Waals surface area contributed by atoms with E-state index in [1.54, 1.807) is 37.3 Å². The van der Waals surface area contributed by atoms with Crippen LogP contribution in [0.25, 0.3) is 11.1 Å². The molecule has 132 valence electrons. The average Bonchev–Trinajstić information content (AvgIpc) is 2.96. The average molecular weight is 374 g/mol.